The summed E-state index contributed by atoms with van der Waals surface area (Å²) < 4.78 is 4.99. The maximum absolute atomic E-state index is 11.5. The molecule has 1 amide bonds. The van der Waals surface area contributed by atoms with Gasteiger partial charge >= 0.3 is 5.97 Å². The summed E-state index contributed by atoms with van der Waals surface area (Å²) in [5, 5.41) is 14.2. The van der Waals surface area contributed by atoms with Gasteiger partial charge in [0.25, 0.3) is 5.91 Å². The molecule has 1 aliphatic heterocycles. The van der Waals surface area contributed by atoms with Crippen LogP contribution in [-0.2, 0) is 9.59 Å². The largest absolute Gasteiger partial charge is 0.480 e. The molecule has 20 heavy (non-hydrogen) atoms. The van der Waals surface area contributed by atoms with Gasteiger partial charge in [0, 0.05) is 0 Å². The molecular formula is C12H9ClN2O4S. The van der Waals surface area contributed by atoms with Gasteiger partial charge in [0.2, 0.25) is 0 Å². The monoisotopic (exact) mass is 312 g/mol. The van der Waals surface area contributed by atoms with Crippen LogP contribution in [0.5, 0.6) is 5.75 Å². The summed E-state index contributed by atoms with van der Waals surface area (Å²) in [5.41, 5.74) is 0.963. The SMILES string of the molecule is O=C(O)COc1ccc(/C=C2/NC(=S)NC2=O)cc1Cl. The molecule has 104 valence electrons. The fraction of sp³-hybridized carbons (Fsp3) is 0.0833. The number of hydrogen-bond donors (Lipinski definition) is 3. The van der Waals surface area contributed by atoms with Crippen LogP contribution in [0.3, 0.4) is 0 Å². The van der Waals surface area contributed by atoms with Crippen molar-refractivity contribution in [1.82, 2.24) is 10.6 Å². The Hall–Kier alpha value is -2.12. The lowest BCUT2D eigenvalue weighted by molar-refractivity contribution is -0.139. The van der Waals surface area contributed by atoms with Gasteiger partial charge in [-0.1, -0.05) is 17.7 Å². The number of amides is 1. The van der Waals surface area contributed by atoms with E-state index in [1.807, 2.05) is 0 Å². The molecule has 1 heterocycles. The fourth-order valence-electron chi connectivity index (χ4n) is 1.51. The maximum Gasteiger partial charge on any atom is 0.341 e. The van der Waals surface area contributed by atoms with E-state index >= 15 is 0 Å². The van der Waals surface area contributed by atoms with Crippen molar-refractivity contribution in [3.8, 4) is 5.75 Å². The number of ether oxygens (including phenoxy) is 1. The van der Waals surface area contributed by atoms with Crippen LogP contribution >= 0.6 is 23.8 Å². The van der Waals surface area contributed by atoms with Crippen molar-refractivity contribution in [3.05, 3.63) is 34.5 Å². The number of rotatable bonds is 4. The van der Waals surface area contributed by atoms with Gasteiger partial charge in [-0.25, -0.2) is 4.79 Å². The number of carboxylic acids is 1. The molecule has 8 heteroatoms. The summed E-state index contributed by atoms with van der Waals surface area (Å²) in [4.78, 5) is 21.9. The van der Waals surface area contributed by atoms with Crippen molar-refractivity contribution in [2.45, 2.75) is 0 Å². The molecular weight excluding hydrogens is 304 g/mol. The molecule has 1 aliphatic rings. The Morgan fingerprint density at radius 2 is 2.20 bits per heavy atom. The normalized spacial score (nSPS) is 15.9. The van der Waals surface area contributed by atoms with Crippen LogP contribution in [-0.4, -0.2) is 28.7 Å². The van der Waals surface area contributed by atoms with Gasteiger partial charge < -0.3 is 15.2 Å². The Labute approximate surface area is 124 Å². The van der Waals surface area contributed by atoms with Crippen LogP contribution in [0, 0.1) is 0 Å². The van der Waals surface area contributed by atoms with E-state index in [4.69, 9.17) is 33.7 Å². The molecule has 0 spiro atoms. The predicted molar refractivity (Wildman–Crippen MR) is 76.4 cm³/mol. The van der Waals surface area contributed by atoms with Crippen LogP contribution < -0.4 is 15.4 Å². The van der Waals surface area contributed by atoms with E-state index in [0.717, 1.165) is 0 Å². The number of thiocarbonyl (C=S) groups is 1. The third-order valence-electron chi connectivity index (χ3n) is 2.34. The summed E-state index contributed by atoms with van der Waals surface area (Å²) in [6, 6.07) is 4.73. The first-order valence-corrected chi connectivity index (χ1v) is 6.22. The van der Waals surface area contributed by atoms with Crippen molar-refractivity contribution >= 4 is 46.9 Å². The summed E-state index contributed by atoms with van der Waals surface area (Å²) in [5.74, 6) is -1.15. The number of aliphatic carboxylic acids is 1. The number of carboxylic acid groups (broad SMARTS) is 1. The minimum atomic E-state index is -1.09. The van der Waals surface area contributed by atoms with E-state index in [-0.39, 0.29) is 21.8 Å². The smallest absolute Gasteiger partial charge is 0.341 e. The van der Waals surface area contributed by atoms with E-state index in [0.29, 0.717) is 11.3 Å². The molecule has 0 aromatic heterocycles. The summed E-state index contributed by atoms with van der Waals surface area (Å²) in [6.07, 6.45) is 1.57. The second kappa shape index (κ2) is 5.89. The Morgan fingerprint density at radius 3 is 2.75 bits per heavy atom. The Morgan fingerprint density at radius 1 is 1.45 bits per heavy atom. The highest BCUT2D eigenvalue weighted by Gasteiger charge is 2.19. The molecule has 6 nitrogen and oxygen atoms in total. The molecule has 0 unspecified atom stereocenters. The van der Waals surface area contributed by atoms with Crippen LogP contribution in [0.25, 0.3) is 6.08 Å². The zero-order chi connectivity index (χ0) is 14.7. The van der Waals surface area contributed by atoms with E-state index < -0.39 is 12.6 Å². The van der Waals surface area contributed by atoms with E-state index in [1.54, 1.807) is 18.2 Å². The average Bonchev–Trinajstić information content (AvgIpc) is 2.66. The summed E-state index contributed by atoms with van der Waals surface area (Å²) >= 11 is 10.8. The number of benzene rings is 1. The van der Waals surface area contributed by atoms with Crippen molar-refractivity contribution < 1.29 is 19.4 Å². The number of hydrogen-bond acceptors (Lipinski definition) is 4. The molecule has 1 aromatic carbocycles. The van der Waals surface area contributed by atoms with Crippen molar-refractivity contribution in [2.75, 3.05) is 6.61 Å². The van der Waals surface area contributed by atoms with Crippen LogP contribution in [0.15, 0.2) is 23.9 Å². The van der Waals surface area contributed by atoms with Crippen LogP contribution in [0.4, 0.5) is 0 Å². The topological polar surface area (TPSA) is 87.7 Å². The van der Waals surface area contributed by atoms with Gasteiger partial charge in [-0.05, 0) is 36.0 Å². The Bertz CT molecular complexity index is 630. The zero-order valence-electron chi connectivity index (χ0n) is 9.97. The second-order valence-corrected chi connectivity index (χ2v) is 4.65. The van der Waals surface area contributed by atoms with E-state index in [2.05, 4.69) is 10.6 Å². The van der Waals surface area contributed by atoms with E-state index in [1.165, 1.54) is 6.07 Å². The van der Waals surface area contributed by atoms with Gasteiger partial charge in [-0.2, -0.15) is 0 Å². The number of halogens is 1. The molecule has 0 saturated carbocycles. The van der Waals surface area contributed by atoms with Gasteiger partial charge in [0.15, 0.2) is 11.7 Å². The quantitative estimate of drug-likeness (QED) is 0.571. The molecule has 0 atom stereocenters. The average molecular weight is 313 g/mol. The van der Waals surface area contributed by atoms with Gasteiger partial charge in [-0.15, -0.1) is 0 Å². The lowest BCUT2D eigenvalue weighted by Crippen LogP contribution is -2.21. The van der Waals surface area contributed by atoms with Crippen LogP contribution in [0.1, 0.15) is 5.56 Å². The van der Waals surface area contributed by atoms with E-state index in [9.17, 15) is 9.59 Å². The van der Waals surface area contributed by atoms with Gasteiger partial charge in [0.1, 0.15) is 11.4 Å². The molecule has 1 saturated heterocycles. The molecule has 1 aromatic rings. The van der Waals surface area contributed by atoms with Gasteiger partial charge in [0.05, 0.1) is 5.02 Å². The molecule has 0 aliphatic carbocycles. The van der Waals surface area contributed by atoms with Crippen molar-refractivity contribution in [1.29, 1.82) is 0 Å². The summed E-state index contributed by atoms with van der Waals surface area (Å²) in [7, 11) is 0. The Balaban J connectivity index is 2.17. The number of nitrogens with one attached hydrogen (secondary N) is 2. The van der Waals surface area contributed by atoms with Crippen molar-refractivity contribution in [2.24, 2.45) is 0 Å². The predicted octanol–water partition coefficient (Wildman–Crippen LogP) is 1.15. The van der Waals surface area contributed by atoms with Crippen molar-refractivity contribution in [3.63, 3.8) is 0 Å². The maximum atomic E-state index is 11.5. The van der Waals surface area contributed by atoms with Crippen LogP contribution in [0.2, 0.25) is 5.02 Å². The van der Waals surface area contributed by atoms with Gasteiger partial charge in [-0.3, -0.25) is 10.1 Å². The second-order valence-electron chi connectivity index (χ2n) is 3.84. The first kappa shape index (κ1) is 14.3. The zero-order valence-corrected chi connectivity index (χ0v) is 11.5. The molecule has 0 bridgehead atoms. The Kier molecular flexibility index (Phi) is 4.21. The first-order chi connectivity index (χ1) is 9.45. The first-order valence-electron chi connectivity index (χ1n) is 5.44. The highest BCUT2D eigenvalue weighted by atomic mass is 35.5. The molecule has 0 radical (unpaired) electrons. The highest BCUT2D eigenvalue weighted by molar-refractivity contribution is 7.80. The number of carbonyl (C=O) groups excluding carboxylic acids is 1. The lowest BCUT2D eigenvalue weighted by atomic mass is 10.2. The minimum Gasteiger partial charge on any atom is -0.480 e. The highest BCUT2D eigenvalue weighted by Crippen LogP contribution is 2.26. The molecule has 1 fully saturated rings. The molecule has 3 N–H and O–H groups in total. The fourth-order valence-corrected chi connectivity index (χ4v) is 1.96. The minimum absolute atomic E-state index is 0.244. The third-order valence-corrected chi connectivity index (χ3v) is 2.84. The summed E-state index contributed by atoms with van der Waals surface area (Å²) in [6.45, 7) is -0.474. The number of carbonyl (C=O) groups is 2. The third kappa shape index (κ3) is 3.46. The lowest BCUT2D eigenvalue weighted by Gasteiger charge is -2.06. The molecule has 2 rings (SSSR count). The standard InChI is InChI=1S/C12H9ClN2O4S/c13-7-3-6(1-2-9(7)19-5-10(16)17)4-8-11(18)15-12(20)14-8/h1-4H,5H2,(H,16,17)(H2,14,15,18,20)/b8-4+.